The van der Waals surface area contributed by atoms with E-state index in [4.69, 9.17) is 0 Å². The van der Waals surface area contributed by atoms with Crippen molar-refractivity contribution in [2.75, 3.05) is 11.9 Å². The normalized spacial score (nSPS) is 15.0. The largest absolute Gasteiger partial charge is 0.350 e. The number of carbonyl (C=O) groups is 1. The summed E-state index contributed by atoms with van der Waals surface area (Å²) in [7, 11) is 1.90. The molecular weight excluding hydrogens is 346 g/mol. The number of thiazole rings is 1. The highest BCUT2D eigenvalue weighted by Crippen LogP contribution is 2.43. The molecule has 1 N–H and O–H groups in total. The Morgan fingerprint density at radius 2 is 2.08 bits per heavy atom. The molecule has 3 aromatic rings. The molecule has 1 unspecified atom stereocenters. The summed E-state index contributed by atoms with van der Waals surface area (Å²) in [5.41, 5.74) is 2.92. The second-order valence-electron chi connectivity index (χ2n) is 6.67. The van der Waals surface area contributed by atoms with E-state index in [1.54, 1.807) is 17.7 Å². The van der Waals surface area contributed by atoms with Gasteiger partial charge in [-0.1, -0.05) is 41.7 Å². The summed E-state index contributed by atoms with van der Waals surface area (Å²) < 4.78 is 1.05. The lowest BCUT2D eigenvalue weighted by molar-refractivity contribution is -0.122. The molecule has 1 aliphatic rings. The van der Waals surface area contributed by atoms with Crippen LogP contribution in [0.2, 0.25) is 0 Å². The van der Waals surface area contributed by atoms with Crippen LogP contribution in [0.4, 0.5) is 5.13 Å². The molecule has 6 nitrogen and oxygen atoms in total. The van der Waals surface area contributed by atoms with Gasteiger partial charge >= 0.3 is 0 Å². The average Bonchev–Trinajstić information content (AvgIpc) is 3.43. The van der Waals surface area contributed by atoms with Gasteiger partial charge in [-0.2, -0.15) is 4.98 Å². The van der Waals surface area contributed by atoms with Crippen LogP contribution in [0.3, 0.4) is 0 Å². The lowest BCUT2D eigenvalue weighted by atomic mass is 10.2. The maximum absolute atomic E-state index is 12.5. The zero-order valence-corrected chi connectivity index (χ0v) is 15.7. The Labute approximate surface area is 156 Å². The Morgan fingerprint density at radius 1 is 1.31 bits per heavy atom. The summed E-state index contributed by atoms with van der Waals surface area (Å²) in [4.78, 5) is 27.8. The number of rotatable bonds is 6. The lowest BCUT2D eigenvalue weighted by Gasteiger charge is -2.23. The van der Waals surface area contributed by atoms with Gasteiger partial charge in [0.15, 0.2) is 10.8 Å². The van der Waals surface area contributed by atoms with E-state index in [0.717, 1.165) is 26.7 Å². The summed E-state index contributed by atoms with van der Waals surface area (Å²) in [5.74, 6) is 0.523. The predicted octanol–water partition coefficient (Wildman–Crippen LogP) is 3.10. The van der Waals surface area contributed by atoms with Gasteiger partial charge in [0.25, 0.3) is 0 Å². The fourth-order valence-electron chi connectivity index (χ4n) is 2.83. The third kappa shape index (κ3) is 3.39. The molecule has 0 aliphatic heterocycles. The maximum Gasteiger partial charge on any atom is 0.242 e. The number of hydrogen-bond acceptors (Lipinski definition) is 6. The van der Waals surface area contributed by atoms with Gasteiger partial charge in [0.05, 0.1) is 10.4 Å². The summed E-state index contributed by atoms with van der Waals surface area (Å²) in [6, 6.07) is 9.58. The van der Waals surface area contributed by atoms with Gasteiger partial charge in [-0.3, -0.25) is 4.79 Å². The highest BCUT2D eigenvalue weighted by Gasteiger charge is 2.29. The maximum atomic E-state index is 12.5. The topological polar surface area (TPSA) is 71.0 Å². The number of hydrogen-bond donors (Lipinski definition) is 1. The first kappa shape index (κ1) is 16.9. The number of anilines is 1. The van der Waals surface area contributed by atoms with E-state index in [-0.39, 0.29) is 11.9 Å². The summed E-state index contributed by atoms with van der Waals surface area (Å²) in [6.07, 6.45) is 3.97. The number of fused-ring (bicyclic) bond motifs is 1. The van der Waals surface area contributed by atoms with Crippen LogP contribution in [0.5, 0.6) is 0 Å². The van der Waals surface area contributed by atoms with Gasteiger partial charge in [-0.15, -0.1) is 0 Å². The molecule has 7 heteroatoms. The second-order valence-corrected chi connectivity index (χ2v) is 7.65. The molecule has 134 valence electrons. The van der Waals surface area contributed by atoms with Gasteiger partial charge in [-0.05, 0) is 25.3 Å². The van der Waals surface area contributed by atoms with Crippen LogP contribution in [0.1, 0.15) is 36.9 Å². The van der Waals surface area contributed by atoms with Crippen LogP contribution in [0, 0.1) is 0 Å². The minimum absolute atomic E-state index is 0.0240. The van der Waals surface area contributed by atoms with E-state index >= 15 is 0 Å². The summed E-state index contributed by atoms with van der Waals surface area (Å²) >= 11 is 1.57. The molecule has 4 rings (SSSR count). The number of nitrogens with zero attached hydrogens (tertiary/aromatic N) is 4. The van der Waals surface area contributed by atoms with Gasteiger partial charge in [0.2, 0.25) is 5.91 Å². The van der Waals surface area contributed by atoms with Crippen molar-refractivity contribution in [1.82, 2.24) is 20.3 Å². The number of amides is 1. The molecular formula is C19H21N5OS. The number of aromatic nitrogens is 3. The molecule has 0 bridgehead atoms. The quantitative estimate of drug-likeness (QED) is 0.725. The fraction of sp³-hybridized carbons (Fsp3) is 0.368. The third-order valence-corrected chi connectivity index (χ3v) is 5.90. The molecule has 1 amide bonds. The minimum Gasteiger partial charge on any atom is -0.350 e. The lowest BCUT2D eigenvalue weighted by Crippen LogP contribution is -2.43. The molecule has 1 fully saturated rings. The predicted molar refractivity (Wildman–Crippen MR) is 103 cm³/mol. The van der Waals surface area contributed by atoms with Crippen LogP contribution >= 0.6 is 11.3 Å². The molecule has 1 aliphatic carbocycles. The van der Waals surface area contributed by atoms with Crippen LogP contribution < -0.4 is 10.2 Å². The molecule has 0 spiro atoms. The number of nitrogens with one attached hydrogen (secondary N) is 1. The smallest absolute Gasteiger partial charge is 0.242 e. The minimum atomic E-state index is -0.323. The standard InChI is InChI=1S/C19H21N5OS/c1-12(18(25)20-10-13-6-4-3-5-7-13)24(2)19-23-17-16(26-19)15(14-8-9-14)21-11-22-17/h3-7,11-12,14H,8-10H2,1-2H3,(H,20,25). The molecule has 1 aromatic carbocycles. The van der Waals surface area contributed by atoms with Crippen molar-refractivity contribution in [3.8, 4) is 0 Å². The summed E-state index contributed by atoms with van der Waals surface area (Å²) in [5, 5.41) is 3.79. The van der Waals surface area contributed by atoms with Crippen molar-refractivity contribution in [2.45, 2.75) is 38.3 Å². The van der Waals surface area contributed by atoms with E-state index in [0.29, 0.717) is 12.5 Å². The zero-order chi connectivity index (χ0) is 18.1. The van der Waals surface area contributed by atoms with Crippen molar-refractivity contribution in [1.29, 1.82) is 0 Å². The van der Waals surface area contributed by atoms with Gasteiger partial charge in [-0.25, -0.2) is 9.97 Å². The molecule has 0 saturated heterocycles. The Hall–Kier alpha value is -2.54. The van der Waals surface area contributed by atoms with E-state index in [1.165, 1.54) is 12.8 Å². The Morgan fingerprint density at radius 3 is 2.81 bits per heavy atom. The third-order valence-electron chi connectivity index (χ3n) is 4.74. The second kappa shape index (κ2) is 6.99. The molecule has 1 saturated carbocycles. The van der Waals surface area contributed by atoms with Crippen molar-refractivity contribution in [3.05, 3.63) is 47.9 Å². The molecule has 26 heavy (non-hydrogen) atoms. The van der Waals surface area contributed by atoms with Gasteiger partial charge < -0.3 is 10.2 Å². The number of carbonyl (C=O) groups excluding carboxylic acids is 1. The van der Waals surface area contributed by atoms with Crippen LogP contribution in [-0.2, 0) is 11.3 Å². The van der Waals surface area contributed by atoms with Crippen LogP contribution in [-0.4, -0.2) is 33.9 Å². The fourth-order valence-corrected chi connectivity index (χ4v) is 3.96. The highest BCUT2D eigenvalue weighted by atomic mass is 32.1. The zero-order valence-electron chi connectivity index (χ0n) is 14.8. The van der Waals surface area contributed by atoms with Crippen molar-refractivity contribution >= 4 is 32.7 Å². The Kier molecular flexibility index (Phi) is 4.55. The molecule has 2 heterocycles. The van der Waals surface area contributed by atoms with E-state index in [1.807, 2.05) is 49.2 Å². The molecule has 1 atom stereocenters. The van der Waals surface area contributed by atoms with Crippen molar-refractivity contribution in [3.63, 3.8) is 0 Å². The van der Waals surface area contributed by atoms with Gasteiger partial charge in [0.1, 0.15) is 12.4 Å². The Balaban J connectivity index is 1.47. The average molecular weight is 367 g/mol. The number of likely N-dealkylation sites (N-methyl/N-ethyl adjacent to an activating group) is 1. The van der Waals surface area contributed by atoms with E-state index in [2.05, 4.69) is 20.3 Å². The summed E-state index contributed by atoms with van der Waals surface area (Å²) in [6.45, 7) is 2.41. The molecule has 0 radical (unpaired) electrons. The van der Waals surface area contributed by atoms with Gasteiger partial charge in [0, 0.05) is 19.5 Å². The SMILES string of the molecule is CC(C(=O)NCc1ccccc1)N(C)c1nc2ncnc(C3CC3)c2s1. The highest BCUT2D eigenvalue weighted by molar-refractivity contribution is 7.22. The Bertz CT molecular complexity index is 922. The van der Waals surface area contributed by atoms with Crippen molar-refractivity contribution < 1.29 is 4.79 Å². The van der Waals surface area contributed by atoms with E-state index in [9.17, 15) is 4.79 Å². The first-order chi connectivity index (χ1) is 12.6. The van der Waals surface area contributed by atoms with Crippen molar-refractivity contribution in [2.24, 2.45) is 0 Å². The first-order valence-electron chi connectivity index (χ1n) is 8.79. The van der Waals surface area contributed by atoms with E-state index < -0.39 is 0 Å². The van der Waals surface area contributed by atoms with Crippen LogP contribution in [0.15, 0.2) is 36.7 Å². The monoisotopic (exact) mass is 367 g/mol. The molecule has 2 aromatic heterocycles. The van der Waals surface area contributed by atoms with Crippen LogP contribution in [0.25, 0.3) is 10.3 Å². The number of benzene rings is 1. The first-order valence-corrected chi connectivity index (χ1v) is 9.61.